The summed E-state index contributed by atoms with van der Waals surface area (Å²) < 4.78 is 6.81. The van der Waals surface area contributed by atoms with E-state index in [1.165, 1.54) is 4.57 Å². The molecular formula is C25H25N5O3. The number of para-hydroxylation sites is 2. The summed E-state index contributed by atoms with van der Waals surface area (Å²) in [7, 11) is 0. The van der Waals surface area contributed by atoms with E-state index in [0.29, 0.717) is 30.7 Å². The number of oxazole rings is 1. The minimum absolute atomic E-state index is 0.0353. The predicted octanol–water partition coefficient (Wildman–Crippen LogP) is 3.55. The van der Waals surface area contributed by atoms with E-state index < -0.39 is 5.76 Å². The normalized spacial score (nSPS) is 16.3. The Hall–Kier alpha value is -3.81. The van der Waals surface area contributed by atoms with Gasteiger partial charge in [0, 0.05) is 56.1 Å². The summed E-state index contributed by atoms with van der Waals surface area (Å²) in [5.74, 6) is 0.453. The lowest BCUT2D eigenvalue weighted by Gasteiger charge is -2.33. The second-order valence-electron chi connectivity index (χ2n) is 8.37. The molecule has 1 amide bonds. The molecule has 8 heteroatoms. The average molecular weight is 444 g/mol. The molecule has 1 saturated heterocycles. The number of carbonyl (C=O) groups is 1. The van der Waals surface area contributed by atoms with Gasteiger partial charge in [-0.2, -0.15) is 0 Å². The third kappa shape index (κ3) is 4.28. The van der Waals surface area contributed by atoms with Crippen LogP contribution in [0.3, 0.4) is 0 Å². The molecule has 1 aromatic carbocycles. The third-order valence-electron chi connectivity index (χ3n) is 6.21. The molecule has 1 aliphatic rings. The van der Waals surface area contributed by atoms with Gasteiger partial charge in [0.2, 0.25) is 5.91 Å². The van der Waals surface area contributed by atoms with Crippen LogP contribution in [0.25, 0.3) is 22.2 Å². The molecule has 0 saturated carbocycles. The largest absolute Gasteiger partial charge is 0.419 e. The van der Waals surface area contributed by atoms with Crippen molar-refractivity contribution in [3.63, 3.8) is 0 Å². The van der Waals surface area contributed by atoms with Crippen LogP contribution in [-0.4, -0.2) is 43.4 Å². The Morgan fingerprint density at radius 1 is 1.18 bits per heavy atom. The van der Waals surface area contributed by atoms with E-state index >= 15 is 0 Å². The van der Waals surface area contributed by atoms with E-state index in [-0.39, 0.29) is 18.2 Å². The highest BCUT2D eigenvalue weighted by Gasteiger charge is 2.28. The molecule has 33 heavy (non-hydrogen) atoms. The molecule has 168 valence electrons. The first-order valence-corrected chi connectivity index (χ1v) is 11.2. The van der Waals surface area contributed by atoms with Crippen molar-refractivity contribution in [2.24, 2.45) is 0 Å². The van der Waals surface area contributed by atoms with Gasteiger partial charge in [-0.3, -0.25) is 14.3 Å². The first kappa shape index (κ1) is 21.1. The number of benzene rings is 1. The molecule has 0 unspecified atom stereocenters. The zero-order valence-electron chi connectivity index (χ0n) is 18.5. The molecule has 0 N–H and O–H groups in total. The highest BCUT2D eigenvalue weighted by atomic mass is 16.4. The first-order chi connectivity index (χ1) is 16.1. The monoisotopic (exact) mass is 443 g/mol. The Balaban J connectivity index is 1.33. The molecule has 1 fully saturated rings. The fourth-order valence-electron chi connectivity index (χ4n) is 4.57. The SMILES string of the molecule is Cc1ncc(-c2ccncc2)c([C@@H]2CCCN(C(=O)CCn3c(=O)oc4ccccc43)C2)n1. The number of hydrogen-bond donors (Lipinski definition) is 0. The van der Waals surface area contributed by atoms with Crippen molar-refractivity contribution in [1.82, 2.24) is 24.4 Å². The number of rotatable bonds is 5. The summed E-state index contributed by atoms with van der Waals surface area (Å²) in [6, 6.07) is 11.2. The van der Waals surface area contributed by atoms with Crippen LogP contribution in [0.4, 0.5) is 0 Å². The molecule has 0 aliphatic carbocycles. The van der Waals surface area contributed by atoms with Crippen LogP contribution >= 0.6 is 0 Å². The maximum atomic E-state index is 13.1. The van der Waals surface area contributed by atoms with Gasteiger partial charge in [0.1, 0.15) is 5.82 Å². The van der Waals surface area contributed by atoms with Gasteiger partial charge in [-0.1, -0.05) is 12.1 Å². The van der Waals surface area contributed by atoms with Crippen molar-refractivity contribution in [2.45, 2.75) is 38.6 Å². The van der Waals surface area contributed by atoms with Crippen LogP contribution in [0.2, 0.25) is 0 Å². The second-order valence-corrected chi connectivity index (χ2v) is 8.37. The molecule has 4 aromatic rings. The number of piperidine rings is 1. The zero-order valence-corrected chi connectivity index (χ0v) is 18.5. The van der Waals surface area contributed by atoms with Gasteiger partial charge in [-0.05, 0) is 49.6 Å². The Morgan fingerprint density at radius 3 is 2.85 bits per heavy atom. The second kappa shape index (κ2) is 8.97. The van der Waals surface area contributed by atoms with E-state index in [2.05, 4.69) is 9.97 Å². The fraction of sp³-hybridized carbons (Fsp3) is 0.320. The van der Waals surface area contributed by atoms with Crippen LogP contribution < -0.4 is 5.76 Å². The number of aromatic nitrogens is 4. The van der Waals surface area contributed by atoms with E-state index in [1.54, 1.807) is 18.5 Å². The van der Waals surface area contributed by atoms with Crippen LogP contribution in [0.15, 0.2) is 64.2 Å². The molecule has 0 radical (unpaired) electrons. The lowest BCUT2D eigenvalue weighted by Crippen LogP contribution is -2.40. The van der Waals surface area contributed by atoms with Gasteiger partial charge in [-0.15, -0.1) is 0 Å². The maximum Gasteiger partial charge on any atom is 0.419 e. The molecule has 0 spiro atoms. The van der Waals surface area contributed by atoms with Crippen LogP contribution in [0, 0.1) is 6.92 Å². The summed E-state index contributed by atoms with van der Waals surface area (Å²) in [4.78, 5) is 40.5. The molecule has 3 aromatic heterocycles. The lowest BCUT2D eigenvalue weighted by atomic mass is 9.90. The zero-order chi connectivity index (χ0) is 22.8. The van der Waals surface area contributed by atoms with Crippen molar-refractivity contribution >= 4 is 17.0 Å². The van der Waals surface area contributed by atoms with Crippen molar-refractivity contribution in [3.8, 4) is 11.1 Å². The van der Waals surface area contributed by atoms with Gasteiger partial charge < -0.3 is 9.32 Å². The Kier molecular flexibility index (Phi) is 5.73. The van der Waals surface area contributed by atoms with Gasteiger partial charge in [-0.25, -0.2) is 14.8 Å². The summed E-state index contributed by atoms with van der Waals surface area (Å²) in [6.07, 6.45) is 7.50. The Labute approximate surface area is 190 Å². The van der Waals surface area contributed by atoms with Crippen molar-refractivity contribution in [1.29, 1.82) is 0 Å². The molecule has 1 aliphatic heterocycles. The molecular weight excluding hydrogens is 418 g/mol. The summed E-state index contributed by atoms with van der Waals surface area (Å²) in [5, 5.41) is 0. The first-order valence-electron chi connectivity index (χ1n) is 11.2. The number of fused-ring (bicyclic) bond motifs is 1. The van der Waals surface area contributed by atoms with E-state index in [9.17, 15) is 9.59 Å². The number of amides is 1. The van der Waals surface area contributed by atoms with Crippen LogP contribution in [0.1, 0.15) is 36.7 Å². The highest BCUT2D eigenvalue weighted by Crippen LogP contribution is 2.33. The number of aryl methyl sites for hydroxylation is 2. The Morgan fingerprint density at radius 2 is 2.00 bits per heavy atom. The predicted molar refractivity (Wildman–Crippen MR) is 124 cm³/mol. The molecule has 5 rings (SSSR count). The van der Waals surface area contributed by atoms with Gasteiger partial charge >= 0.3 is 5.76 Å². The summed E-state index contributed by atoms with van der Waals surface area (Å²) in [6.45, 7) is 3.50. The summed E-state index contributed by atoms with van der Waals surface area (Å²) >= 11 is 0. The number of pyridine rings is 1. The van der Waals surface area contributed by atoms with Gasteiger partial charge in [0.15, 0.2) is 5.58 Å². The number of likely N-dealkylation sites (tertiary alicyclic amines) is 1. The van der Waals surface area contributed by atoms with Gasteiger partial charge in [0.05, 0.1) is 11.2 Å². The van der Waals surface area contributed by atoms with Gasteiger partial charge in [0.25, 0.3) is 0 Å². The topological polar surface area (TPSA) is 94.1 Å². The summed E-state index contributed by atoms with van der Waals surface area (Å²) in [5.41, 5.74) is 4.23. The van der Waals surface area contributed by atoms with Crippen LogP contribution in [0.5, 0.6) is 0 Å². The van der Waals surface area contributed by atoms with E-state index in [4.69, 9.17) is 9.40 Å². The van der Waals surface area contributed by atoms with Crippen molar-refractivity contribution < 1.29 is 9.21 Å². The van der Waals surface area contributed by atoms with Crippen molar-refractivity contribution in [3.05, 3.63) is 77.1 Å². The lowest BCUT2D eigenvalue weighted by molar-refractivity contribution is -0.132. The standard InChI is InChI=1S/C25H25N5O3/c1-17-27-15-20(18-8-11-26-12-9-18)24(28-17)19-5-4-13-29(16-19)23(31)10-14-30-21-6-2-3-7-22(21)33-25(30)32/h2-3,6-9,11-12,15,19H,4-5,10,13-14,16H2,1H3/t19-/m1/s1. The quantitative estimate of drug-likeness (QED) is 0.468. The van der Waals surface area contributed by atoms with E-state index in [0.717, 1.165) is 35.5 Å². The maximum absolute atomic E-state index is 13.1. The highest BCUT2D eigenvalue weighted by molar-refractivity contribution is 5.77. The molecule has 8 nitrogen and oxygen atoms in total. The molecule has 4 heterocycles. The van der Waals surface area contributed by atoms with E-state index in [1.807, 2.05) is 48.4 Å². The fourth-order valence-corrected chi connectivity index (χ4v) is 4.57. The Bertz CT molecular complexity index is 1350. The average Bonchev–Trinajstić information content (AvgIpc) is 3.18. The van der Waals surface area contributed by atoms with Crippen molar-refractivity contribution in [2.75, 3.05) is 13.1 Å². The third-order valence-corrected chi connectivity index (χ3v) is 6.21. The molecule has 1 atom stereocenters. The molecule has 0 bridgehead atoms. The minimum atomic E-state index is -0.432. The minimum Gasteiger partial charge on any atom is -0.408 e. The van der Waals surface area contributed by atoms with Crippen LogP contribution in [-0.2, 0) is 11.3 Å². The smallest absolute Gasteiger partial charge is 0.408 e. The number of hydrogen-bond acceptors (Lipinski definition) is 6. The number of carbonyl (C=O) groups excluding carboxylic acids is 1. The number of nitrogens with zero attached hydrogens (tertiary/aromatic N) is 5.